The van der Waals surface area contributed by atoms with Crippen LogP contribution in [-0.4, -0.2) is 50.8 Å². The number of hydrogen-bond acceptors (Lipinski definition) is 5. The number of nitrogens with zero attached hydrogens (tertiary/aromatic N) is 2. The number of hydrogen-bond donors (Lipinski definition) is 2. The molecule has 0 spiro atoms. The molecule has 0 fully saturated rings. The van der Waals surface area contributed by atoms with Crippen LogP contribution in [0.25, 0.3) is 0 Å². The van der Waals surface area contributed by atoms with Crippen molar-refractivity contribution in [3.8, 4) is 11.5 Å². The number of thiophene rings is 1. The number of ether oxygens (including phenoxy) is 2. The Kier molecular flexibility index (Phi) is 7.77. The molecule has 1 aliphatic rings. The molecule has 1 aliphatic heterocycles. The van der Waals surface area contributed by atoms with E-state index in [4.69, 9.17) is 14.5 Å². The second-order valence-corrected chi connectivity index (χ2v) is 8.19. The van der Waals surface area contributed by atoms with E-state index < -0.39 is 0 Å². The van der Waals surface area contributed by atoms with Crippen molar-refractivity contribution in [2.75, 3.05) is 33.9 Å². The topological polar surface area (TPSA) is 58.1 Å². The predicted molar refractivity (Wildman–Crippen MR) is 120 cm³/mol. The molecule has 158 valence electrons. The Morgan fingerprint density at radius 3 is 2.86 bits per heavy atom. The highest BCUT2D eigenvalue weighted by atomic mass is 32.1. The molecule has 1 aromatic carbocycles. The smallest absolute Gasteiger partial charge is 0.191 e. The third-order valence-electron chi connectivity index (χ3n) is 5.27. The fourth-order valence-corrected chi connectivity index (χ4v) is 4.40. The second-order valence-electron chi connectivity index (χ2n) is 7.19. The summed E-state index contributed by atoms with van der Waals surface area (Å²) in [6.07, 6.45) is 1.16. The monoisotopic (exact) mass is 416 g/mol. The first-order valence-electron chi connectivity index (χ1n) is 10.2. The zero-order valence-corrected chi connectivity index (χ0v) is 18.6. The van der Waals surface area contributed by atoms with Crippen molar-refractivity contribution < 1.29 is 9.47 Å². The number of guanidine groups is 1. The summed E-state index contributed by atoms with van der Waals surface area (Å²) in [5, 5.41) is 9.05. The van der Waals surface area contributed by atoms with Crippen LogP contribution in [0.5, 0.6) is 11.5 Å². The fourth-order valence-electron chi connectivity index (χ4n) is 3.51. The first-order valence-corrected chi connectivity index (χ1v) is 11.0. The number of rotatable bonds is 8. The Labute approximate surface area is 177 Å². The lowest BCUT2D eigenvalue weighted by atomic mass is 10.1. The zero-order chi connectivity index (χ0) is 20.6. The van der Waals surface area contributed by atoms with Gasteiger partial charge in [0.15, 0.2) is 5.96 Å². The van der Waals surface area contributed by atoms with E-state index in [1.54, 1.807) is 19.1 Å². The molecule has 0 saturated carbocycles. The summed E-state index contributed by atoms with van der Waals surface area (Å²) in [5.41, 5.74) is 2.51. The summed E-state index contributed by atoms with van der Waals surface area (Å²) in [6.45, 7) is 8.73. The lowest BCUT2D eigenvalue weighted by molar-refractivity contribution is 0.192. The Morgan fingerprint density at radius 2 is 2.10 bits per heavy atom. The predicted octanol–water partition coefficient (Wildman–Crippen LogP) is 3.27. The maximum atomic E-state index is 5.48. The largest absolute Gasteiger partial charge is 0.497 e. The van der Waals surface area contributed by atoms with Gasteiger partial charge in [-0.25, -0.2) is 4.99 Å². The van der Waals surface area contributed by atoms with E-state index in [1.165, 1.54) is 5.56 Å². The van der Waals surface area contributed by atoms with Crippen molar-refractivity contribution in [2.24, 2.45) is 4.99 Å². The van der Waals surface area contributed by atoms with Crippen molar-refractivity contribution in [3.63, 3.8) is 0 Å². The minimum absolute atomic E-state index is 0.433. The van der Waals surface area contributed by atoms with Gasteiger partial charge in [-0.3, -0.25) is 4.90 Å². The van der Waals surface area contributed by atoms with Crippen LogP contribution in [0.4, 0.5) is 0 Å². The standard InChI is InChI=1S/C22H32N4O2S/c1-5-23-22(25-14-17-6-7-19(27-3)12-20(17)28-4)24-13-16(2)26-10-8-21-18(15-26)9-11-29-21/h6-7,9,11-12,16H,5,8,10,13-15H2,1-4H3,(H2,23,24,25). The van der Waals surface area contributed by atoms with E-state index in [1.807, 2.05) is 29.5 Å². The molecule has 1 atom stereocenters. The molecule has 0 radical (unpaired) electrons. The summed E-state index contributed by atoms with van der Waals surface area (Å²) in [5.74, 6) is 2.39. The first-order chi connectivity index (χ1) is 14.1. The minimum Gasteiger partial charge on any atom is -0.497 e. The van der Waals surface area contributed by atoms with Crippen LogP contribution < -0.4 is 20.1 Å². The van der Waals surface area contributed by atoms with Crippen LogP contribution in [0.1, 0.15) is 29.9 Å². The Balaban J connectivity index is 1.58. The van der Waals surface area contributed by atoms with E-state index >= 15 is 0 Å². The van der Waals surface area contributed by atoms with Crippen LogP contribution in [-0.2, 0) is 19.5 Å². The summed E-state index contributed by atoms with van der Waals surface area (Å²) in [7, 11) is 3.33. The van der Waals surface area contributed by atoms with Gasteiger partial charge in [0.05, 0.1) is 20.8 Å². The van der Waals surface area contributed by atoms with Gasteiger partial charge in [0, 0.05) is 48.7 Å². The van der Waals surface area contributed by atoms with E-state index in [0.29, 0.717) is 12.6 Å². The van der Waals surface area contributed by atoms with Crippen LogP contribution in [0.15, 0.2) is 34.6 Å². The number of benzene rings is 1. The fraction of sp³-hybridized carbons (Fsp3) is 0.500. The number of methoxy groups -OCH3 is 2. The molecule has 0 aliphatic carbocycles. The molecule has 2 heterocycles. The summed E-state index contributed by atoms with van der Waals surface area (Å²) >= 11 is 1.88. The molecule has 2 N–H and O–H groups in total. The Hall–Kier alpha value is -2.25. The minimum atomic E-state index is 0.433. The average Bonchev–Trinajstić information content (AvgIpc) is 3.23. The van der Waals surface area contributed by atoms with Gasteiger partial charge in [-0.2, -0.15) is 0 Å². The van der Waals surface area contributed by atoms with Crippen molar-refractivity contribution in [2.45, 2.75) is 39.4 Å². The molecule has 29 heavy (non-hydrogen) atoms. The van der Waals surface area contributed by atoms with Gasteiger partial charge in [-0.1, -0.05) is 0 Å². The quantitative estimate of drug-likeness (QED) is 0.511. The van der Waals surface area contributed by atoms with E-state index in [0.717, 1.165) is 55.6 Å². The molecule has 3 rings (SSSR count). The van der Waals surface area contributed by atoms with Crippen molar-refractivity contribution >= 4 is 17.3 Å². The van der Waals surface area contributed by atoms with Gasteiger partial charge in [-0.15, -0.1) is 11.3 Å². The molecule has 2 aromatic rings. The second kappa shape index (κ2) is 10.5. The number of nitrogens with one attached hydrogen (secondary N) is 2. The van der Waals surface area contributed by atoms with Crippen molar-refractivity contribution in [3.05, 3.63) is 45.6 Å². The van der Waals surface area contributed by atoms with Crippen molar-refractivity contribution in [1.29, 1.82) is 0 Å². The molecule has 7 heteroatoms. The lowest BCUT2D eigenvalue weighted by Crippen LogP contribution is -2.47. The van der Waals surface area contributed by atoms with Crippen LogP contribution in [0.3, 0.4) is 0 Å². The molecule has 0 bridgehead atoms. The third-order valence-corrected chi connectivity index (χ3v) is 6.29. The van der Waals surface area contributed by atoms with Gasteiger partial charge in [-0.05, 0) is 49.4 Å². The Bertz CT molecular complexity index is 821. The highest BCUT2D eigenvalue weighted by molar-refractivity contribution is 7.10. The summed E-state index contributed by atoms with van der Waals surface area (Å²) in [6, 6.07) is 8.52. The molecular formula is C22H32N4O2S. The molecule has 1 aromatic heterocycles. The van der Waals surface area contributed by atoms with Crippen LogP contribution in [0.2, 0.25) is 0 Å². The normalized spacial score (nSPS) is 15.5. The number of aliphatic imine (C=N–C) groups is 1. The van der Waals surface area contributed by atoms with Gasteiger partial charge < -0.3 is 20.1 Å². The average molecular weight is 417 g/mol. The van der Waals surface area contributed by atoms with Gasteiger partial charge in [0.1, 0.15) is 11.5 Å². The van der Waals surface area contributed by atoms with E-state index in [-0.39, 0.29) is 0 Å². The molecule has 0 saturated heterocycles. The molecular weight excluding hydrogens is 384 g/mol. The Morgan fingerprint density at radius 1 is 1.24 bits per heavy atom. The van der Waals surface area contributed by atoms with Crippen molar-refractivity contribution in [1.82, 2.24) is 15.5 Å². The molecule has 6 nitrogen and oxygen atoms in total. The zero-order valence-electron chi connectivity index (χ0n) is 17.8. The number of fused-ring (bicyclic) bond motifs is 1. The maximum Gasteiger partial charge on any atom is 0.191 e. The van der Waals surface area contributed by atoms with Crippen LogP contribution >= 0.6 is 11.3 Å². The lowest BCUT2D eigenvalue weighted by Gasteiger charge is -2.32. The maximum absolute atomic E-state index is 5.48. The van der Waals surface area contributed by atoms with Gasteiger partial charge in [0.2, 0.25) is 0 Å². The SMILES string of the molecule is CCNC(=NCc1ccc(OC)cc1OC)NCC(C)N1CCc2sccc2C1. The summed E-state index contributed by atoms with van der Waals surface area (Å²) < 4.78 is 10.8. The third kappa shape index (κ3) is 5.64. The van der Waals surface area contributed by atoms with Gasteiger partial charge >= 0.3 is 0 Å². The van der Waals surface area contributed by atoms with E-state index in [9.17, 15) is 0 Å². The van der Waals surface area contributed by atoms with Gasteiger partial charge in [0.25, 0.3) is 0 Å². The highest BCUT2D eigenvalue weighted by Crippen LogP contribution is 2.26. The summed E-state index contributed by atoms with van der Waals surface area (Å²) in [4.78, 5) is 8.84. The van der Waals surface area contributed by atoms with E-state index in [2.05, 4.69) is 40.8 Å². The molecule has 0 amide bonds. The van der Waals surface area contributed by atoms with Crippen LogP contribution in [0, 0.1) is 0 Å². The highest BCUT2D eigenvalue weighted by Gasteiger charge is 2.21. The molecule has 1 unspecified atom stereocenters. The first kappa shape index (κ1) is 21.5.